The molecule has 1 aromatic heterocycles. The zero-order chi connectivity index (χ0) is 21.7. The summed E-state index contributed by atoms with van der Waals surface area (Å²) in [7, 11) is 0. The van der Waals surface area contributed by atoms with E-state index >= 15 is 0 Å². The number of carbonyl (C=O) groups excluding carboxylic acids is 1. The summed E-state index contributed by atoms with van der Waals surface area (Å²) >= 11 is 1.36. The predicted octanol–water partition coefficient (Wildman–Crippen LogP) is 4.99. The maximum Gasteiger partial charge on any atom is 0.283 e. The van der Waals surface area contributed by atoms with Crippen molar-refractivity contribution in [2.45, 2.75) is 41.5 Å². The van der Waals surface area contributed by atoms with Crippen molar-refractivity contribution in [3.05, 3.63) is 57.9 Å². The molecule has 0 saturated carbocycles. The Morgan fingerprint density at radius 1 is 1.07 bits per heavy atom. The standard InChI is InChI=1S/C23H25N5OS/c1-12(2)22-26-28-20(24)19(21(29)25-23(28)30-22)11-17-10-15(5)27(16(17)6)18-8-13(3)7-14(4)9-18/h7-12,24H,1-6H3/b19-11+,24-20?. The highest BCUT2D eigenvalue weighted by atomic mass is 32.2. The van der Waals surface area contributed by atoms with Crippen LogP contribution >= 0.6 is 11.8 Å². The highest BCUT2D eigenvalue weighted by Gasteiger charge is 2.36. The third kappa shape index (κ3) is 3.43. The van der Waals surface area contributed by atoms with Gasteiger partial charge in [0.15, 0.2) is 5.84 Å². The molecule has 0 unspecified atom stereocenters. The summed E-state index contributed by atoms with van der Waals surface area (Å²) in [5.74, 6) is -0.102. The minimum Gasteiger partial charge on any atom is -0.318 e. The van der Waals surface area contributed by atoms with Crippen LogP contribution < -0.4 is 0 Å². The van der Waals surface area contributed by atoms with E-state index in [0.717, 1.165) is 27.7 Å². The van der Waals surface area contributed by atoms with Crippen molar-refractivity contribution in [1.82, 2.24) is 9.58 Å². The molecule has 2 aromatic rings. The van der Waals surface area contributed by atoms with Crippen LogP contribution in [0.2, 0.25) is 0 Å². The van der Waals surface area contributed by atoms with Crippen LogP contribution in [0.1, 0.15) is 41.9 Å². The molecule has 154 valence electrons. The SMILES string of the molecule is Cc1cc(C)cc(-n2c(C)cc(/C=C3\C(=N)N4N=C(C(C)C)SC4=NC3=O)c2C)c1. The van der Waals surface area contributed by atoms with Gasteiger partial charge in [0.2, 0.25) is 5.17 Å². The zero-order valence-corrected chi connectivity index (χ0v) is 18.9. The second-order valence-corrected chi connectivity index (χ2v) is 9.11. The molecule has 3 heterocycles. The normalized spacial score (nSPS) is 17.7. The van der Waals surface area contributed by atoms with Crippen LogP contribution in [-0.2, 0) is 4.79 Å². The minimum atomic E-state index is -0.393. The minimum absolute atomic E-state index is 0.0735. The lowest BCUT2D eigenvalue weighted by Crippen LogP contribution is -2.35. The van der Waals surface area contributed by atoms with Crippen LogP contribution in [0, 0.1) is 39.0 Å². The number of amidine groups is 2. The Kier molecular flexibility index (Phi) is 5.02. The van der Waals surface area contributed by atoms with E-state index in [0.29, 0.717) is 5.17 Å². The molecule has 0 spiro atoms. The van der Waals surface area contributed by atoms with Gasteiger partial charge in [-0.25, -0.2) is 0 Å². The molecular weight excluding hydrogens is 394 g/mol. The second kappa shape index (κ2) is 7.40. The first-order chi connectivity index (χ1) is 14.2. The molecule has 7 heteroatoms. The van der Waals surface area contributed by atoms with E-state index in [1.165, 1.54) is 27.9 Å². The lowest BCUT2D eigenvalue weighted by atomic mass is 10.1. The van der Waals surface area contributed by atoms with E-state index in [1.54, 1.807) is 6.08 Å². The first-order valence-corrected chi connectivity index (χ1v) is 10.7. The average Bonchev–Trinajstić information content (AvgIpc) is 3.19. The number of carbonyl (C=O) groups is 1. The molecule has 0 aliphatic carbocycles. The van der Waals surface area contributed by atoms with Gasteiger partial charge in [0.05, 0.1) is 5.57 Å². The quantitative estimate of drug-likeness (QED) is 0.713. The van der Waals surface area contributed by atoms with Crippen molar-refractivity contribution in [3.8, 4) is 5.69 Å². The van der Waals surface area contributed by atoms with Crippen LogP contribution in [0.3, 0.4) is 0 Å². The third-order valence-electron chi connectivity index (χ3n) is 5.20. The molecule has 1 amide bonds. The molecule has 2 aliphatic heterocycles. The third-order valence-corrected chi connectivity index (χ3v) is 6.41. The topological polar surface area (TPSA) is 73.8 Å². The fourth-order valence-corrected chi connectivity index (χ4v) is 4.70. The lowest BCUT2D eigenvalue weighted by molar-refractivity contribution is -0.114. The van der Waals surface area contributed by atoms with Gasteiger partial charge in [-0.1, -0.05) is 19.9 Å². The van der Waals surface area contributed by atoms with E-state index in [1.807, 2.05) is 33.8 Å². The van der Waals surface area contributed by atoms with Gasteiger partial charge >= 0.3 is 0 Å². The number of hydrogen-bond donors (Lipinski definition) is 1. The first-order valence-electron chi connectivity index (χ1n) is 9.93. The summed E-state index contributed by atoms with van der Waals surface area (Å²) in [4.78, 5) is 16.9. The van der Waals surface area contributed by atoms with Crippen LogP contribution in [0.4, 0.5) is 0 Å². The number of nitrogens with one attached hydrogen (secondary N) is 1. The average molecular weight is 420 g/mol. The summed E-state index contributed by atoms with van der Waals surface area (Å²) in [5, 5.41) is 15.8. The summed E-state index contributed by atoms with van der Waals surface area (Å²) in [6.07, 6.45) is 1.76. The van der Waals surface area contributed by atoms with Gasteiger partial charge < -0.3 is 4.57 Å². The second-order valence-electron chi connectivity index (χ2n) is 8.12. The summed E-state index contributed by atoms with van der Waals surface area (Å²) in [5.41, 5.74) is 6.75. The zero-order valence-electron chi connectivity index (χ0n) is 18.1. The number of amides is 1. The van der Waals surface area contributed by atoms with Gasteiger partial charge in [-0.05, 0) is 80.4 Å². The molecule has 30 heavy (non-hydrogen) atoms. The highest BCUT2D eigenvalue weighted by Crippen LogP contribution is 2.31. The molecule has 0 radical (unpaired) electrons. The molecule has 2 aliphatic rings. The number of hydrazone groups is 1. The predicted molar refractivity (Wildman–Crippen MR) is 125 cm³/mol. The molecular formula is C23H25N5OS. The Hall–Kier alpha value is -2.93. The molecule has 4 rings (SSSR count). The molecule has 6 nitrogen and oxygen atoms in total. The van der Waals surface area contributed by atoms with Gasteiger partial charge in [-0.15, -0.1) is 0 Å². The number of aromatic nitrogens is 1. The smallest absolute Gasteiger partial charge is 0.283 e. The largest absolute Gasteiger partial charge is 0.318 e. The Bertz CT molecular complexity index is 1160. The number of thioether (sulfide) groups is 1. The Morgan fingerprint density at radius 2 is 1.73 bits per heavy atom. The monoisotopic (exact) mass is 419 g/mol. The van der Waals surface area contributed by atoms with E-state index < -0.39 is 5.91 Å². The van der Waals surface area contributed by atoms with Crippen molar-refractivity contribution >= 4 is 39.8 Å². The number of nitrogens with zero attached hydrogens (tertiary/aromatic N) is 4. The van der Waals surface area contributed by atoms with Crippen LogP contribution in [0.5, 0.6) is 0 Å². The number of aryl methyl sites for hydroxylation is 3. The number of hydrogen-bond acceptors (Lipinski definition) is 4. The van der Waals surface area contributed by atoms with Crippen molar-refractivity contribution < 1.29 is 4.79 Å². The molecule has 1 N–H and O–H groups in total. The maximum absolute atomic E-state index is 12.7. The van der Waals surface area contributed by atoms with Gasteiger partial charge in [0.25, 0.3) is 5.91 Å². The molecule has 1 aromatic carbocycles. The summed E-state index contributed by atoms with van der Waals surface area (Å²) < 4.78 is 2.18. The van der Waals surface area contributed by atoms with Gasteiger partial charge in [0.1, 0.15) is 5.04 Å². The number of aliphatic imine (C=N–C) groups is 1. The van der Waals surface area contributed by atoms with Crippen molar-refractivity contribution in [2.24, 2.45) is 16.0 Å². The first kappa shape index (κ1) is 20.3. The van der Waals surface area contributed by atoms with Crippen LogP contribution in [-0.4, -0.2) is 31.5 Å². The van der Waals surface area contributed by atoms with E-state index in [2.05, 4.69) is 46.7 Å². The maximum atomic E-state index is 12.7. The fourth-order valence-electron chi connectivity index (χ4n) is 3.81. The molecule has 0 bridgehead atoms. The van der Waals surface area contributed by atoms with Crippen molar-refractivity contribution in [3.63, 3.8) is 0 Å². The van der Waals surface area contributed by atoms with E-state index in [9.17, 15) is 4.79 Å². The molecule has 0 atom stereocenters. The Balaban J connectivity index is 1.76. The lowest BCUT2D eigenvalue weighted by Gasteiger charge is -2.20. The summed E-state index contributed by atoms with van der Waals surface area (Å²) in [6.45, 7) is 12.3. The molecule has 0 saturated heterocycles. The number of benzene rings is 1. The summed E-state index contributed by atoms with van der Waals surface area (Å²) in [6, 6.07) is 8.50. The highest BCUT2D eigenvalue weighted by molar-refractivity contribution is 8.27. The number of rotatable bonds is 3. The van der Waals surface area contributed by atoms with E-state index in [4.69, 9.17) is 5.41 Å². The van der Waals surface area contributed by atoms with Gasteiger partial charge in [-0.2, -0.15) is 15.1 Å². The van der Waals surface area contributed by atoms with Crippen LogP contribution in [0.15, 0.2) is 39.9 Å². The fraction of sp³-hybridized carbons (Fsp3) is 0.304. The van der Waals surface area contributed by atoms with Gasteiger partial charge in [-0.3, -0.25) is 10.2 Å². The van der Waals surface area contributed by atoms with Crippen molar-refractivity contribution in [1.29, 1.82) is 5.41 Å². The van der Waals surface area contributed by atoms with Crippen LogP contribution in [0.25, 0.3) is 11.8 Å². The Labute approximate surface area is 180 Å². The Morgan fingerprint density at radius 3 is 2.37 bits per heavy atom. The molecule has 0 fully saturated rings. The van der Waals surface area contributed by atoms with Gasteiger partial charge in [0, 0.05) is 23.0 Å². The van der Waals surface area contributed by atoms with E-state index in [-0.39, 0.29) is 17.3 Å². The van der Waals surface area contributed by atoms with Crippen molar-refractivity contribution in [2.75, 3.05) is 0 Å². The number of fused-ring (bicyclic) bond motifs is 1.